The summed E-state index contributed by atoms with van der Waals surface area (Å²) in [6, 6.07) is 4.25. The summed E-state index contributed by atoms with van der Waals surface area (Å²) in [6.45, 7) is 3.42. The van der Waals surface area contributed by atoms with E-state index in [4.69, 9.17) is 10.9 Å². The van der Waals surface area contributed by atoms with Crippen molar-refractivity contribution in [2.75, 3.05) is 0 Å². The molecule has 3 rings (SSSR count). The fourth-order valence-corrected chi connectivity index (χ4v) is 2.62. The molecule has 1 atom stereocenters. The molecule has 140 valence electrons. The second-order valence-electron chi connectivity index (χ2n) is 6.60. The molecule has 1 aliphatic rings. The minimum Gasteiger partial charge on any atom is -0.345 e. The van der Waals surface area contributed by atoms with Crippen LogP contribution in [0.25, 0.3) is 11.4 Å². The van der Waals surface area contributed by atoms with Crippen LogP contribution in [0.3, 0.4) is 0 Å². The molecule has 2 heterocycles. The number of rotatable bonds is 8. The molecule has 0 bridgehead atoms. The van der Waals surface area contributed by atoms with Crippen LogP contribution in [-0.4, -0.2) is 21.7 Å². The first-order valence-corrected chi connectivity index (χ1v) is 8.69. The molecule has 1 amide bonds. The molecular formula is C19H20FN5O2. The summed E-state index contributed by atoms with van der Waals surface area (Å²) < 4.78 is 18.9. The Morgan fingerprint density at radius 1 is 1.41 bits per heavy atom. The number of nitrogens with one attached hydrogen (secondary N) is 1. The van der Waals surface area contributed by atoms with Gasteiger partial charge in [0, 0.05) is 31.2 Å². The van der Waals surface area contributed by atoms with Crippen molar-refractivity contribution in [1.29, 1.82) is 0 Å². The number of nitrogens with zero attached hydrogens (tertiary/aromatic N) is 4. The molecule has 0 saturated carbocycles. The summed E-state index contributed by atoms with van der Waals surface area (Å²) in [5.41, 5.74) is 0.566. The molecule has 1 unspecified atom stereocenters. The van der Waals surface area contributed by atoms with E-state index < -0.39 is 11.7 Å². The first kappa shape index (κ1) is 18.7. The van der Waals surface area contributed by atoms with Crippen molar-refractivity contribution < 1.29 is 13.7 Å². The van der Waals surface area contributed by atoms with Gasteiger partial charge >= 0.3 is 0 Å². The Labute approximate surface area is 156 Å². The topological polar surface area (TPSA) is 92.7 Å². The Bertz CT molecular complexity index is 909. The molecule has 1 aliphatic heterocycles. The fourth-order valence-electron chi connectivity index (χ4n) is 2.62. The van der Waals surface area contributed by atoms with Crippen LogP contribution < -0.4 is 5.32 Å². The smallest absolute Gasteiger partial charge is 0.249 e. The molecule has 0 spiro atoms. The van der Waals surface area contributed by atoms with Crippen LogP contribution in [0.1, 0.15) is 50.1 Å². The zero-order valence-corrected chi connectivity index (χ0v) is 15.2. The quantitative estimate of drug-likeness (QED) is 0.718. The summed E-state index contributed by atoms with van der Waals surface area (Å²) in [5, 5.41) is 14.7. The van der Waals surface area contributed by atoms with Gasteiger partial charge in [0.2, 0.25) is 17.6 Å². The average molecular weight is 369 g/mol. The predicted octanol–water partition coefficient (Wildman–Crippen LogP) is 3.72. The van der Waals surface area contributed by atoms with E-state index in [1.54, 1.807) is 26.0 Å². The zero-order chi connectivity index (χ0) is 19.4. The number of carbonyl (C=O) groups is 1. The van der Waals surface area contributed by atoms with Crippen molar-refractivity contribution in [3.8, 4) is 23.7 Å². The van der Waals surface area contributed by atoms with Crippen molar-refractivity contribution in [2.45, 2.75) is 51.2 Å². The minimum atomic E-state index is -0.486. The van der Waals surface area contributed by atoms with Crippen LogP contribution in [0.15, 0.2) is 33.0 Å². The SMILES string of the molecule is C#CCCC1(CCC(=O)NC(C)c2nc(-c3ccc(C)c(F)c3)no2)N=N1. The molecule has 27 heavy (non-hydrogen) atoms. The Balaban J connectivity index is 1.54. The molecule has 8 heteroatoms. The lowest BCUT2D eigenvalue weighted by Crippen LogP contribution is -2.28. The summed E-state index contributed by atoms with van der Waals surface area (Å²) in [7, 11) is 0. The van der Waals surface area contributed by atoms with E-state index in [1.807, 2.05) is 0 Å². The maximum absolute atomic E-state index is 13.7. The molecule has 1 aromatic heterocycles. The van der Waals surface area contributed by atoms with Gasteiger partial charge in [-0.05, 0) is 25.5 Å². The second-order valence-corrected chi connectivity index (χ2v) is 6.60. The number of terminal acetylenes is 1. The third-order valence-electron chi connectivity index (χ3n) is 4.42. The monoisotopic (exact) mass is 369 g/mol. The van der Waals surface area contributed by atoms with Crippen molar-refractivity contribution >= 4 is 5.91 Å². The highest BCUT2D eigenvalue weighted by Gasteiger charge is 2.39. The standard InChI is InChI=1S/C19H20FN5O2/c1-4-5-9-19(24-25-19)10-8-16(26)21-13(3)18-22-17(23-27-18)14-7-6-12(2)15(20)11-14/h1,6-7,11,13H,5,8-10H2,2-3H3,(H,21,26). The van der Waals surface area contributed by atoms with Crippen molar-refractivity contribution in [3.63, 3.8) is 0 Å². The zero-order valence-electron chi connectivity index (χ0n) is 15.2. The molecule has 1 N–H and O–H groups in total. The number of aryl methyl sites for hydroxylation is 1. The number of carbonyl (C=O) groups excluding carboxylic acids is 1. The number of benzene rings is 1. The van der Waals surface area contributed by atoms with Crippen LogP contribution in [0.4, 0.5) is 4.39 Å². The Hall–Kier alpha value is -3.08. The molecule has 2 aromatic rings. The van der Waals surface area contributed by atoms with Crippen LogP contribution in [0.5, 0.6) is 0 Å². The first-order chi connectivity index (χ1) is 12.9. The number of halogens is 1. The third kappa shape index (κ3) is 4.56. The van der Waals surface area contributed by atoms with Crippen LogP contribution in [0.2, 0.25) is 0 Å². The molecule has 0 fully saturated rings. The van der Waals surface area contributed by atoms with E-state index in [0.29, 0.717) is 30.4 Å². The lowest BCUT2D eigenvalue weighted by Gasteiger charge is -2.11. The third-order valence-corrected chi connectivity index (χ3v) is 4.42. The van der Waals surface area contributed by atoms with E-state index in [0.717, 1.165) is 0 Å². The summed E-state index contributed by atoms with van der Waals surface area (Å²) >= 11 is 0. The largest absolute Gasteiger partial charge is 0.345 e. The summed E-state index contributed by atoms with van der Waals surface area (Å²) in [6.07, 6.45) is 7.28. The molecule has 0 radical (unpaired) electrons. The number of hydrogen-bond acceptors (Lipinski definition) is 6. The number of amides is 1. The molecule has 7 nitrogen and oxygen atoms in total. The summed E-state index contributed by atoms with van der Waals surface area (Å²) in [5.74, 6) is 2.58. The molecule has 0 aliphatic carbocycles. The number of aromatic nitrogens is 2. The second kappa shape index (κ2) is 7.66. The van der Waals surface area contributed by atoms with E-state index >= 15 is 0 Å². The predicted molar refractivity (Wildman–Crippen MR) is 95.9 cm³/mol. The highest BCUT2D eigenvalue weighted by molar-refractivity contribution is 5.76. The van der Waals surface area contributed by atoms with E-state index in [-0.39, 0.29) is 29.9 Å². The normalized spacial score (nSPS) is 15.2. The lowest BCUT2D eigenvalue weighted by atomic mass is 10.0. The van der Waals surface area contributed by atoms with Gasteiger partial charge in [-0.1, -0.05) is 17.3 Å². The fraction of sp³-hybridized carbons (Fsp3) is 0.421. The van der Waals surface area contributed by atoms with Crippen LogP contribution in [0, 0.1) is 25.1 Å². The first-order valence-electron chi connectivity index (χ1n) is 8.69. The Morgan fingerprint density at radius 3 is 2.85 bits per heavy atom. The van der Waals surface area contributed by atoms with Crippen molar-refractivity contribution in [1.82, 2.24) is 15.5 Å². The molecular weight excluding hydrogens is 349 g/mol. The van der Waals surface area contributed by atoms with E-state index in [9.17, 15) is 9.18 Å². The summed E-state index contributed by atoms with van der Waals surface area (Å²) in [4.78, 5) is 16.4. The highest BCUT2D eigenvalue weighted by atomic mass is 19.1. The van der Waals surface area contributed by atoms with Gasteiger partial charge in [0.1, 0.15) is 11.9 Å². The highest BCUT2D eigenvalue weighted by Crippen LogP contribution is 2.37. The Morgan fingerprint density at radius 2 is 2.19 bits per heavy atom. The van der Waals surface area contributed by atoms with E-state index in [2.05, 4.69) is 31.6 Å². The van der Waals surface area contributed by atoms with E-state index in [1.165, 1.54) is 6.07 Å². The van der Waals surface area contributed by atoms with Gasteiger partial charge in [-0.15, -0.1) is 12.3 Å². The van der Waals surface area contributed by atoms with Crippen LogP contribution >= 0.6 is 0 Å². The van der Waals surface area contributed by atoms with Gasteiger partial charge in [0.15, 0.2) is 5.66 Å². The van der Waals surface area contributed by atoms with Crippen molar-refractivity contribution in [3.05, 3.63) is 35.5 Å². The molecule has 0 saturated heterocycles. The van der Waals surface area contributed by atoms with Gasteiger partial charge in [-0.2, -0.15) is 15.2 Å². The lowest BCUT2D eigenvalue weighted by molar-refractivity contribution is -0.122. The van der Waals surface area contributed by atoms with Crippen LogP contribution in [-0.2, 0) is 4.79 Å². The number of hydrogen-bond donors (Lipinski definition) is 1. The maximum atomic E-state index is 13.7. The average Bonchev–Trinajstić information content (AvgIpc) is 3.24. The molecule has 1 aromatic carbocycles. The van der Waals surface area contributed by atoms with Gasteiger partial charge in [-0.25, -0.2) is 4.39 Å². The Kier molecular flexibility index (Phi) is 5.31. The maximum Gasteiger partial charge on any atom is 0.249 e. The minimum absolute atomic E-state index is 0.166. The van der Waals surface area contributed by atoms with Gasteiger partial charge < -0.3 is 9.84 Å². The van der Waals surface area contributed by atoms with Gasteiger partial charge in [0.25, 0.3) is 0 Å². The van der Waals surface area contributed by atoms with Gasteiger partial charge in [0.05, 0.1) is 0 Å². The van der Waals surface area contributed by atoms with Crippen molar-refractivity contribution in [2.24, 2.45) is 10.2 Å². The van der Waals surface area contributed by atoms with Gasteiger partial charge in [-0.3, -0.25) is 4.79 Å².